The molecule has 90 valence electrons. The normalized spacial score (nSPS) is 10.8. The van der Waals surface area contributed by atoms with E-state index in [9.17, 15) is 0 Å². The fourth-order valence-electron chi connectivity index (χ4n) is 1.46. The van der Waals surface area contributed by atoms with Crippen LogP contribution in [0.15, 0.2) is 24.4 Å². The number of benzene rings is 1. The van der Waals surface area contributed by atoms with Crippen molar-refractivity contribution in [3.63, 3.8) is 0 Å². The lowest BCUT2D eigenvalue weighted by Gasteiger charge is -2.13. The van der Waals surface area contributed by atoms with E-state index in [0.717, 1.165) is 16.2 Å². The van der Waals surface area contributed by atoms with Crippen LogP contribution >= 0.6 is 22.9 Å². The maximum Gasteiger partial charge on any atom is 0.180 e. The Balaban J connectivity index is 2.46. The number of thiazole rings is 1. The molecule has 2 rings (SSSR count). The minimum atomic E-state index is 0.111. The number of nitrogens with two attached hydrogens (primary N) is 1. The molecule has 0 saturated carbocycles. The van der Waals surface area contributed by atoms with Gasteiger partial charge >= 0.3 is 0 Å². The zero-order chi connectivity index (χ0) is 12.4. The average Bonchev–Trinajstić information content (AvgIpc) is 2.67. The Bertz CT molecular complexity index is 525. The van der Waals surface area contributed by atoms with Crippen LogP contribution in [0.3, 0.4) is 0 Å². The molecule has 0 fully saturated rings. The summed E-state index contributed by atoms with van der Waals surface area (Å²) < 4.78 is 5.74. The van der Waals surface area contributed by atoms with Gasteiger partial charge < -0.3 is 10.5 Å². The second kappa shape index (κ2) is 4.94. The highest BCUT2D eigenvalue weighted by Gasteiger charge is 2.11. The number of aromatic nitrogens is 1. The van der Waals surface area contributed by atoms with Gasteiger partial charge in [-0.1, -0.05) is 22.9 Å². The van der Waals surface area contributed by atoms with E-state index >= 15 is 0 Å². The van der Waals surface area contributed by atoms with Gasteiger partial charge in [-0.25, -0.2) is 4.98 Å². The minimum Gasteiger partial charge on any atom is -0.490 e. The molecule has 1 heterocycles. The van der Waals surface area contributed by atoms with E-state index < -0.39 is 0 Å². The zero-order valence-electron chi connectivity index (χ0n) is 9.61. The van der Waals surface area contributed by atoms with Crippen molar-refractivity contribution in [1.29, 1.82) is 0 Å². The fourth-order valence-corrected chi connectivity index (χ4v) is 2.34. The number of halogens is 1. The second-order valence-electron chi connectivity index (χ2n) is 3.87. The molecular formula is C12H13ClN2OS. The van der Waals surface area contributed by atoms with Crippen LogP contribution in [-0.4, -0.2) is 11.1 Å². The molecule has 0 aliphatic rings. The van der Waals surface area contributed by atoms with Crippen LogP contribution in [-0.2, 0) is 0 Å². The number of nitrogen functional groups attached to an aromatic ring is 1. The molecule has 0 bridgehead atoms. The second-order valence-corrected chi connectivity index (χ2v) is 5.37. The van der Waals surface area contributed by atoms with Crippen molar-refractivity contribution >= 4 is 28.1 Å². The van der Waals surface area contributed by atoms with Crippen LogP contribution in [0.5, 0.6) is 5.75 Å². The molecular weight excluding hydrogens is 256 g/mol. The van der Waals surface area contributed by atoms with Crippen molar-refractivity contribution in [2.24, 2.45) is 0 Å². The van der Waals surface area contributed by atoms with Gasteiger partial charge in [-0.05, 0) is 32.0 Å². The fraction of sp³-hybridized carbons (Fsp3) is 0.250. The molecule has 0 radical (unpaired) electrons. The van der Waals surface area contributed by atoms with E-state index in [1.807, 2.05) is 32.0 Å². The summed E-state index contributed by atoms with van der Waals surface area (Å²) in [5.41, 5.74) is 6.57. The molecule has 0 atom stereocenters. The number of ether oxygens (including phenoxy) is 1. The van der Waals surface area contributed by atoms with Gasteiger partial charge in [-0.15, -0.1) is 0 Å². The molecule has 0 aliphatic carbocycles. The first kappa shape index (κ1) is 12.2. The van der Waals surface area contributed by atoms with Crippen LogP contribution in [0.1, 0.15) is 13.8 Å². The maximum absolute atomic E-state index is 6.01. The summed E-state index contributed by atoms with van der Waals surface area (Å²) in [7, 11) is 0. The van der Waals surface area contributed by atoms with Crippen molar-refractivity contribution in [3.05, 3.63) is 29.4 Å². The summed E-state index contributed by atoms with van der Waals surface area (Å²) >= 11 is 7.43. The lowest BCUT2D eigenvalue weighted by atomic mass is 10.2. The predicted octanol–water partition coefficient (Wildman–Crippen LogP) is 3.83. The lowest BCUT2D eigenvalue weighted by molar-refractivity contribution is 0.243. The Morgan fingerprint density at radius 1 is 1.41 bits per heavy atom. The summed E-state index contributed by atoms with van der Waals surface area (Å²) in [5, 5.41) is 1.21. The van der Waals surface area contributed by atoms with Crippen molar-refractivity contribution in [2.75, 3.05) is 5.73 Å². The predicted molar refractivity (Wildman–Crippen MR) is 72.7 cm³/mol. The van der Waals surface area contributed by atoms with E-state index in [4.69, 9.17) is 22.1 Å². The number of hydrogen-bond acceptors (Lipinski definition) is 4. The van der Waals surface area contributed by atoms with E-state index in [1.54, 1.807) is 6.20 Å². The monoisotopic (exact) mass is 268 g/mol. The third-order valence-electron chi connectivity index (χ3n) is 2.09. The van der Waals surface area contributed by atoms with Crippen LogP contribution in [0, 0.1) is 0 Å². The Morgan fingerprint density at radius 2 is 2.18 bits per heavy atom. The van der Waals surface area contributed by atoms with Gasteiger partial charge in [0.25, 0.3) is 0 Å². The summed E-state index contributed by atoms with van der Waals surface area (Å²) in [6.07, 6.45) is 1.85. The van der Waals surface area contributed by atoms with Crippen LogP contribution in [0.2, 0.25) is 5.02 Å². The lowest BCUT2D eigenvalue weighted by Crippen LogP contribution is -2.06. The van der Waals surface area contributed by atoms with Crippen molar-refractivity contribution in [2.45, 2.75) is 20.0 Å². The van der Waals surface area contributed by atoms with E-state index in [2.05, 4.69) is 4.98 Å². The Morgan fingerprint density at radius 3 is 2.76 bits per heavy atom. The number of rotatable bonds is 3. The Kier molecular flexibility index (Phi) is 3.54. The van der Waals surface area contributed by atoms with Gasteiger partial charge in [-0.2, -0.15) is 0 Å². The van der Waals surface area contributed by atoms with Gasteiger partial charge in [-0.3, -0.25) is 0 Å². The number of anilines is 1. The van der Waals surface area contributed by atoms with Crippen molar-refractivity contribution in [3.8, 4) is 16.2 Å². The third-order valence-corrected chi connectivity index (χ3v) is 3.19. The zero-order valence-corrected chi connectivity index (χ0v) is 11.2. The quantitative estimate of drug-likeness (QED) is 0.920. The highest BCUT2D eigenvalue weighted by atomic mass is 35.5. The summed E-state index contributed by atoms with van der Waals surface area (Å²) in [5.74, 6) is 0.799. The molecule has 0 unspecified atom stereocenters. The molecule has 2 N–H and O–H groups in total. The van der Waals surface area contributed by atoms with Crippen molar-refractivity contribution < 1.29 is 4.74 Å². The van der Waals surface area contributed by atoms with Crippen LogP contribution in [0.25, 0.3) is 10.4 Å². The van der Waals surface area contributed by atoms with E-state index in [-0.39, 0.29) is 6.10 Å². The van der Waals surface area contributed by atoms with E-state index in [1.165, 1.54) is 11.3 Å². The smallest absolute Gasteiger partial charge is 0.180 e. The molecule has 1 aromatic heterocycles. The molecule has 3 nitrogen and oxygen atoms in total. The molecule has 0 amide bonds. The highest BCUT2D eigenvalue weighted by Crippen LogP contribution is 2.36. The van der Waals surface area contributed by atoms with Crippen LogP contribution in [0.4, 0.5) is 5.13 Å². The minimum absolute atomic E-state index is 0.111. The molecule has 0 aliphatic heterocycles. The molecule has 0 saturated heterocycles. The topological polar surface area (TPSA) is 48.1 Å². The standard InChI is InChI=1S/C12H13ClN2OS/c1-7(2)16-10-4-3-8(13)5-9(10)11-6-15-12(14)17-11/h3-7H,1-2H3,(H2,14,15). The highest BCUT2D eigenvalue weighted by molar-refractivity contribution is 7.18. The SMILES string of the molecule is CC(C)Oc1ccc(Cl)cc1-c1cnc(N)s1. The molecule has 5 heteroatoms. The van der Waals surface area contributed by atoms with Gasteiger partial charge in [0.05, 0.1) is 11.0 Å². The molecule has 17 heavy (non-hydrogen) atoms. The Labute approximate surface area is 109 Å². The summed E-state index contributed by atoms with van der Waals surface area (Å²) in [4.78, 5) is 5.00. The largest absolute Gasteiger partial charge is 0.490 e. The molecule has 0 spiro atoms. The number of nitrogens with zero attached hydrogens (tertiary/aromatic N) is 1. The first-order chi connectivity index (χ1) is 8.06. The van der Waals surface area contributed by atoms with E-state index in [0.29, 0.717) is 10.2 Å². The van der Waals surface area contributed by atoms with Gasteiger partial charge in [0, 0.05) is 16.8 Å². The van der Waals surface area contributed by atoms with Gasteiger partial charge in [0.2, 0.25) is 0 Å². The number of hydrogen-bond donors (Lipinski definition) is 1. The first-order valence-electron chi connectivity index (χ1n) is 5.24. The third kappa shape index (κ3) is 2.90. The first-order valence-corrected chi connectivity index (χ1v) is 6.43. The molecule has 2 aromatic rings. The maximum atomic E-state index is 6.01. The average molecular weight is 269 g/mol. The summed E-state index contributed by atoms with van der Waals surface area (Å²) in [6, 6.07) is 5.55. The Hall–Kier alpha value is -1.26. The van der Waals surface area contributed by atoms with Gasteiger partial charge in [0.15, 0.2) is 5.13 Å². The summed E-state index contributed by atoms with van der Waals surface area (Å²) in [6.45, 7) is 3.97. The molecule has 1 aromatic carbocycles. The van der Waals surface area contributed by atoms with Gasteiger partial charge in [0.1, 0.15) is 5.75 Å². The van der Waals surface area contributed by atoms with Crippen molar-refractivity contribution in [1.82, 2.24) is 4.98 Å². The van der Waals surface area contributed by atoms with Crippen LogP contribution < -0.4 is 10.5 Å².